The summed E-state index contributed by atoms with van der Waals surface area (Å²) in [6.45, 7) is 1.72. The van der Waals surface area contributed by atoms with Gasteiger partial charge in [-0.2, -0.15) is 0 Å². The van der Waals surface area contributed by atoms with Crippen molar-refractivity contribution in [2.24, 2.45) is 5.73 Å². The average molecular weight is 218 g/mol. The third-order valence-corrected chi connectivity index (χ3v) is 2.63. The quantitative estimate of drug-likeness (QED) is 0.813. The van der Waals surface area contributed by atoms with E-state index in [1.807, 2.05) is 6.92 Å². The van der Waals surface area contributed by atoms with Gasteiger partial charge in [-0.15, -0.1) is 0 Å². The largest absolute Gasteiger partial charge is 0.395 e. The van der Waals surface area contributed by atoms with Crippen LogP contribution in [-0.2, 0) is 0 Å². The molecule has 0 saturated heterocycles. The summed E-state index contributed by atoms with van der Waals surface area (Å²) in [5.74, 6) is -0.548. The Morgan fingerprint density at radius 2 is 2.21 bits per heavy atom. The van der Waals surface area contributed by atoms with E-state index in [2.05, 4.69) is 0 Å². The lowest BCUT2D eigenvalue weighted by atomic mass is 9.94. The van der Waals surface area contributed by atoms with Gasteiger partial charge in [0.25, 0.3) is 0 Å². The van der Waals surface area contributed by atoms with Crippen molar-refractivity contribution in [3.8, 4) is 0 Å². The van der Waals surface area contributed by atoms with E-state index in [1.54, 1.807) is 6.07 Å². The van der Waals surface area contributed by atoms with Crippen LogP contribution in [0.3, 0.4) is 0 Å². The van der Waals surface area contributed by atoms with Crippen LogP contribution in [0.2, 0.25) is 5.02 Å². The Morgan fingerprint density at radius 3 is 2.71 bits per heavy atom. The van der Waals surface area contributed by atoms with Crippen LogP contribution in [0.4, 0.5) is 4.39 Å². The summed E-state index contributed by atoms with van der Waals surface area (Å²) in [4.78, 5) is 0. The molecule has 1 aromatic rings. The van der Waals surface area contributed by atoms with Gasteiger partial charge < -0.3 is 10.8 Å². The van der Waals surface area contributed by atoms with E-state index in [9.17, 15) is 4.39 Å². The molecule has 2 nitrogen and oxygen atoms in total. The van der Waals surface area contributed by atoms with Gasteiger partial charge in [-0.3, -0.25) is 0 Å². The molecule has 4 heteroatoms. The summed E-state index contributed by atoms with van der Waals surface area (Å²) in [7, 11) is 0. The molecule has 2 unspecified atom stereocenters. The van der Waals surface area contributed by atoms with E-state index in [0.717, 1.165) is 5.56 Å². The van der Waals surface area contributed by atoms with E-state index in [4.69, 9.17) is 22.4 Å². The highest BCUT2D eigenvalue weighted by Gasteiger charge is 2.14. The van der Waals surface area contributed by atoms with Crippen molar-refractivity contribution in [1.82, 2.24) is 0 Å². The first-order chi connectivity index (χ1) is 6.56. The highest BCUT2D eigenvalue weighted by atomic mass is 35.5. The van der Waals surface area contributed by atoms with Gasteiger partial charge in [-0.25, -0.2) is 4.39 Å². The zero-order valence-corrected chi connectivity index (χ0v) is 8.63. The van der Waals surface area contributed by atoms with E-state index >= 15 is 0 Å². The Labute approximate surface area is 87.5 Å². The molecule has 0 amide bonds. The second-order valence-corrected chi connectivity index (χ2v) is 3.72. The molecule has 0 heterocycles. The summed E-state index contributed by atoms with van der Waals surface area (Å²) in [6, 6.07) is 4.18. The van der Waals surface area contributed by atoms with Gasteiger partial charge in [0.2, 0.25) is 0 Å². The van der Waals surface area contributed by atoms with Crippen molar-refractivity contribution in [3.63, 3.8) is 0 Å². The molecule has 1 rings (SSSR count). The first-order valence-electron chi connectivity index (χ1n) is 4.37. The minimum Gasteiger partial charge on any atom is -0.395 e. The number of hydrogen-bond acceptors (Lipinski definition) is 2. The number of halogens is 2. The molecule has 14 heavy (non-hydrogen) atoms. The number of rotatable bonds is 3. The maximum absolute atomic E-state index is 13.1. The molecule has 0 aliphatic carbocycles. The van der Waals surface area contributed by atoms with Crippen molar-refractivity contribution in [2.45, 2.75) is 18.9 Å². The van der Waals surface area contributed by atoms with Crippen molar-refractivity contribution in [3.05, 3.63) is 34.6 Å². The minimum atomic E-state index is -0.457. The van der Waals surface area contributed by atoms with E-state index < -0.39 is 5.82 Å². The lowest BCUT2D eigenvalue weighted by Gasteiger charge is -2.18. The zero-order chi connectivity index (χ0) is 10.7. The molecule has 1 aromatic carbocycles. The van der Waals surface area contributed by atoms with Crippen LogP contribution >= 0.6 is 11.6 Å². The molecule has 2 atom stereocenters. The van der Waals surface area contributed by atoms with Gasteiger partial charge in [-0.05, 0) is 23.6 Å². The standard InChI is InChI=1S/C10H13ClFNO/c1-6(10(13)5-14)7-2-3-8(11)9(12)4-7/h2-4,6,10,14H,5,13H2,1H3. The highest BCUT2D eigenvalue weighted by molar-refractivity contribution is 6.30. The monoisotopic (exact) mass is 217 g/mol. The molecule has 0 bridgehead atoms. The van der Waals surface area contributed by atoms with Gasteiger partial charge in [0.15, 0.2) is 0 Å². The van der Waals surface area contributed by atoms with E-state index in [0.29, 0.717) is 0 Å². The molecule has 0 aliphatic rings. The number of hydrogen-bond donors (Lipinski definition) is 2. The predicted molar refractivity (Wildman–Crippen MR) is 54.9 cm³/mol. The topological polar surface area (TPSA) is 46.2 Å². The van der Waals surface area contributed by atoms with Crippen molar-refractivity contribution in [2.75, 3.05) is 6.61 Å². The van der Waals surface area contributed by atoms with Gasteiger partial charge in [-0.1, -0.05) is 24.6 Å². The van der Waals surface area contributed by atoms with E-state index in [-0.39, 0.29) is 23.6 Å². The Bertz CT molecular complexity index is 319. The average Bonchev–Trinajstić information content (AvgIpc) is 2.20. The van der Waals surface area contributed by atoms with Crippen molar-refractivity contribution in [1.29, 1.82) is 0 Å². The van der Waals surface area contributed by atoms with Crippen LogP contribution in [0.5, 0.6) is 0 Å². The molecule has 0 aliphatic heterocycles. The van der Waals surface area contributed by atoms with Crippen LogP contribution in [0.1, 0.15) is 18.4 Å². The Hall–Kier alpha value is -0.640. The molecule has 0 aromatic heterocycles. The SMILES string of the molecule is CC(c1ccc(Cl)c(F)c1)C(N)CO. The van der Waals surface area contributed by atoms with E-state index in [1.165, 1.54) is 12.1 Å². The summed E-state index contributed by atoms with van der Waals surface area (Å²) < 4.78 is 13.1. The minimum absolute atomic E-state index is 0.0910. The van der Waals surface area contributed by atoms with Gasteiger partial charge in [0.1, 0.15) is 5.82 Å². The molecular weight excluding hydrogens is 205 g/mol. The molecule has 0 radical (unpaired) electrons. The maximum Gasteiger partial charge on any atom is 0.142 e. The molecule has 0 saturated carbocycles. The molecule has 0 spiro atoms. The van der Waals surface area contributed by atoms with Crippen molar-refractivity contribution >= 4 is 11.6 Å². The number of aliphatic hydroxyl groups is 1. The van der Waals surface area contributed by atoms with Crippen LogP contribution < -0.4 is 5.73 Å². The molecular formula is C10H13ClFNO. The first-order valence-corrected chi connectivity index (χ1v) is 4.75. The summed E-state index contributed by atoms with van der Waals surface area (Å²) >= 11 is 5.54. The second-order valence-electron chi connectivity index (χ2n) is 3.31. The normalized spacial score (nSPS) is 15.2. The lowest BCUT2D eigenvalue weighted by Crippen LogP contribution is -2.30. The fourth-order valence-corrected chi connectivity index (χ4v) is 1.32. The summed E-state index contributed by atoms with van der Waals surface area (Å²) in [5.41, 5.74) is 6.38. The van der Waals surface area contributed by atoms with Gasteiger partial charge in [0.05, 0.1) is 11.6 Å². The number of benzene rings is 1. The van der Waals surface area contributed by atoms with Crippen LogP contribution in [0, 0.1) is 5.82 Å². The molecule has 0 fully saturated rings. The first kappa shape index (κ1) is 11.4. The second kappa shape index (κ2) is 4.73. The maximum atomic E-state index is 13.1. The van der Waals surface area contributed by atoms with Crippen LogP contribution in [-0.4, -0.2) is 17.8 Å². The zero-order valence-electron chi connectivity index (χ0n) is 7.87. The number of aliphatic hydroxyl groups excluding tert-OH is 1. The fraction of sp³-hybridized carbons (Fsp3) is 0.400. The Kier molecular flexibility index (Phi) is 3.86. The van der Waals surface area contributed by atoms with Gasteiger partial charge in [0, 0.05) is 6.04 Å². The van der Waals surface area contributed by atoms with Crippen molar-refractivity contribution < 1.29 is 9.50 Å². The molecule has 78 valence electrons. The van der Waals surface area contributed by atoms with Crippen LogP contribution in [0.25, 0.3) is 0 Å². The fourth-order valence-electron chi connectivity index (χ4n) is 1.20. The highest BCUT2D eigenvalue weighted by Crippen LogP contribution is 2.22. The third kappa shape index (κ3) is 2.44. The summed E-state index contributed by atoms with van der Waals surface area (Å²) in [6.07, 6.45) is 0. The Morgan fingerprint density at radius 1 is 1.57 bits per heavy atom. The predicted octanol–water partition coefficient (Wildman–Crippen LogP) is 1.90. The Balaban J connectivity index is 2.91. The third-order valence-electron chi connectivity index (χ3n) is 2.32. The lowest BCUT2D eigenvalue weighted by molar-refractivity contribution is 0.252. The smallest absolute Gasteiger partial charge is 0.142 e. The summed E-state index contributed by atoms with van der Waals surface area (Å²) in [5, 5.41) is 8.94. The van der Waals surface area contributed by atoms with Gasteiger partial charge >= 0.3 is 0 Å². The van der Waals surface area contributed by atoms with Crippen LogP contribution in [0.15, 0.2) is 18.2 Å². The molecule has 3 N–H and O–H groups in total. The number of nitrogens with two attached hydrogens (primary N) is 1.